The number of hydrogen-bond donors (Lipinski definition) is 1. The molecule has 0 aliphatic carbocycles. The molecule has 2 aromatic rings. The van der Waals surface area contributed by atoms with Gasteiger partial charge in [0.05, 0.1) is 4.92 Å². The Bertz CT molecular complexity index is 553. The number of hydrogen-bond acceptors (Lipinski definition) is 5. The van der Waals surface area contributed by atoms with E-state index in [4.69, 9.17) is 5.73 Å². The van der Waals surface area contributed by atoms with Gasteiger partial charge in [-0.3, -0.25) is 10.1 Å². The van der Waals surface area contributed by atoms with Crippen molar-refractivity contribution in [2.24, 2.45) is 0 Å². The van der Waals surface area contributed by atoms with Gasteiger partial charge in [0.2, 0.25) is 5.88 Å². The third kappa shape index (κ3) is 1.70. The molecular weight excluding hydrogens is 217 g/mol. The summed E-state index contributed by atoms with van der Waals surface area (Å²) in [7, 11) is 0. The van der Waals surface area contributed by atoms with Crippen LogP contribution in [0.1, 0.15) is 0 Å². The molecule has 1 aromatic carbocycles. The summed E-state index contributed by atoms with van der Waals surface area (Å²) in [5.41, 5.74) is 5.16. The second-order valence-electron chi connectivity index (χ2n) is 3.04. The Morgan fingerprint density at radius 1 is 1.44 bits per heavy atom. The third-order valence-electron chi connectivity index (χ3n) is 1.97. The fourth-order valence-corrected chi connectivity index (χ4v) is 1.24. The van der Waals surface area contributed by atoms with E-state index in [9.17, 15) is 14.5 Å². The van der Waals surface area contributed by atoms with Crippen LogP contribution in [0.15, 0.2) is 28.8 Å². The van der Waals surface area contributed by atoms with Gasteiger partial charge in [0.15, 0.2) is 0 Å². The molecule has 1 aromatic heterocycles. The van der Waals surface area contributed by atoms with Crippen LogP contribution in [0.2, 0.25) is 0 Å². The van der Waals surface area contributed by atoms with Crippen molar-refractivity contribution < 1.29 is 13.8 Å². The van der Waals surface area contributed by atoms with Crippen molar-refractivity contribution in [2.45, 2.75) is 0 Å². The van der Waals surface area contributed by atoms with Crippen molar-refractivity contribution >= 4 is 11.6 Å². The van der Waals surface area contributed by atoms with Gasteiger partial charge >= 0.3 is 0 Å². The zero-order valence-corrected chi connectivity index (χ0v) is 7.88. The van der Waals surface area contributed by atoms with Crippen LogP contribution >= 0.6 is 0 Å². The lowest BCUT2D eigenvalue weighted by molar-refractivity contribution is -0.384. The van der Waals surface area contributed by atoms with Gasteiger partial charge in [-0.25, -0.2) is 4.39 Å². The van der Waals surface area contributed by atoms with Crippen LogP contribution in [0.5, 0.6) is 0 Å². The first-order valence-electron chi connectivity index (χ1n) is 4.24. The smallest absolute Gasteiger partial charge is 0.270 e. The average molecular weight is 223 g/mol. The van der Waals surface area contributed by atoms with Crippen molar-refractivity contribution in [3.05, 3.63) is 40.2 Å². The molecule has 0 amide bonds. The molecule has 0 saturated carbocycles. The minimum Gasteiger partial charge on any atom is -0.368 e. The normalized spacial score (nSPS) is 10.3. The van der Waals surface area contributed by atoms with Crippen LogP contribution in [-0.2, 0) is 0 Å². The number of nitro benzene ring substituents is 1. The van der Waals surface area contributed by atoms with Gasteiger partial charge in [-0.05, 0) is 6.07 Å². The predicted octanol–water partition coefficient (Wildman–Crippen LogP) is 1.97. The molecule has 2 rings (SSSR count). The van der Waals surface area contributed by atoms with E-state index in [0.717, 1.165) is 18.2 Å². The highest BCUT2D eigenvalue weighted by molar-refractivity contribution is 5.64. The summed E-state index contributed by atoms with van der Waals surface area (Å²) in [6.45, 7) is 0. The SMILES string of the molecule is Nc1cc(-c2cc([N+](=O)[O-])ccc2F)no1. The average Bonchev–Trinajstić information content (AvgIpc) is 2.65. The zero-order valence-electron chi connectivity index (χ0n) is 7.88. The number of nitrogens with zero attached hydrogens (tertiary/aromatic N) is 2. The Hall–Kier alpha value is -2.44. The first-order valence-corrected chi connectivity index (χ1v) is 4.24. The summed E-state index contributed by atoms with van der Waals surface area (Å²) in [5, 5.41) is 14.0. The van der Waals surface area contributed by atoms with Gasteiger partial charge in [0.25, 0.3) is 5.69 Å². The van der Waals surface area contributed by atoms with Gasteiger partial charge in [-0.15, -0.1) is 0 Å². The lowest BCUT2D eigenvalue weighted by Crippen LogP contribution is -1.91. The molecule has 0 aliphatic heterocycles. The summed E-state index contributed by atoms with van der Waals surface area (Å²) in [6, 6.07) is 4.44. The highest BCUT2D eigenvalue weighted by atomic mass is 19.1. The zero-order chi connectivity index (χ0) is 11.7. The number of nitrogens with two attached hydrogens (primary N) is 1. The fraction of sp³-hybridized carbons (Fsp3) is 0. The lowest BCUT2D eigenvalue weighted by Gasteiger charge is -1.97. The molecule has 6 nitrogen and oxygen atoms in total. The maximum absolute atomic E-state index is 13.4. The topological polar surface area (TPSA) is 95.2 Å². The molecule has 0 unspecified atom stereocenters. The maximum atomic E-state index is 13.4. The van der Waals surface area contributed by atoms with E-state index in [-0.39, 0.29) is 22.8 Å². The first-order chi connectivity index (χ1) is 7.58. The van der Waals surface area contributed by atoms with Gasteiger partial charge in [-0.1, -0.05) is 5.16 Å². The number of rotatable bonds is 2. The van der Waals surface area contributed by atoms with Crippen molar-refractivity contribution in [3.8, 4) is 11.3 Å². The van der Waals surface area contributed by atoms with E-state index < -0.39 is 10.7 Å². The highest BCUT2D eigenvalue weighted by Gasteiger charge is 2.15. The molecular formula is C9H6FN3O3. The number of aromatic nitrogens is 1. The van der Waals surface area contributed by atoms with Gasteiger partial charge in [-0.2, -0.15) is 0 Å². The quantitative estimate of drug-likeness (QED) is 0.620. The molecule has 2 N–H and O–H groups in total. The number of non-ortho nitro benzene ring substituents is 1. The Balaban J connectivity index is 2.55. The van der Waals surface area contributed by atoms with E-state index >= 15 is 0 Å². The van der Waals surface area contributed by atoms with Crippen molar-refractivity contribution in [1.82, 2.24) is 5.16 Å². The van der Waals surface area contributed by atoms with Crippen LogP contribution in [0.25, 0.3) is 11.3 Å². The molecule has 16 heavy (non-hydrogen) atoms. The Labute approximate surface area is 88.6 Å². The molecule has 0 saturated heterocycles. The van der Waals surface area contributed by atoms with Crippen LogP contribution in [-0.4, -0.2) is 10.1 Å². The summed E-state index contributed by atoms with van der Waals surface area (Å²) >= 11 is 0. The van der Waals surface area contributed by atoms with Gasteiger partial charge in [0, 0.05) is 23.8 Å². The molecule has 0 fully saturated rings. The van der Waals surface area contributed by atoms with Crippen LogP contribution in [0, 0.1) is 15.9 Å². The molecule has 7 heteroatoms. The van der Waals surface area contributed by atoms with E-state index in [1.807, 2.05) is 0 Å². The van der Waals surface area contributed by atoms with Gasteiger partial charge in [0.1, 0.15) is 11.5 Å². The first kappa shape index (κ1) is 10.1. The van der Waals surface area contributed by atoms with Crippen molar-refractivity contribution in [1.29, 1.82) is 0 Å². The third-order valence-corrected chi connectivity index (χ3v) is 1.97. The molecule has 0 bridgehead atoms. The monoisotopic (exact) mass is 223 g/mol. The number of benzene rings is 1. The lowest BCUT2D eigenvalue weighted by atomic mass is 10.1. The summed E-state index contributed by atoms with van der Waals surface area (Å²) < 4.78 is 17.9. The summed E-state index contributed by atoms with van der Waals surface area (Å²) in [5.74, 6) is -0.611. The molecule has 1 heterocycles. The van der Waals surface area contributed by atoms with Crippen molar-refractivity contribution in [3.63, 3.8) is 0 Å². The summed E-state index contributed by atoms with van der Waals surface area (Å²) in [6.07, 6.45) is 0. The second kappa shape index (κ2) is 3.61. The van der Waals surface area contributed by atoms with Crippen molar-refractivity contribution in [2.75, 3.05) is 5.73 Å². The second-order valence-corrected chi connectivity index (χ2v) is 3.04. The Morgan fingerprint density at radius 3 is 2.75 bits per heavy atom. The number of nitrogen functional groups attached to an aromatic ring is 1. The molecule has 0 atom stereocenters. The standard InChI is InChI=1S/C9H6FN3O3/c10-7-2-1-5(13(14)15)3-6(7)8-4-9(11)16-12-8/h1-4H,11H2. The Kier molecular flexibility index (Phi) is 2.28. The van der Waals surface area contributed by atoms with Gasteiger partial charge < -0.3 is 10.3 Å². The molecule has 82 valence electrons. The fourth-order valence-electron chi connectivity index (χ4n) is 1.24. The molecule has 0 spiro atoms. The van der Waals surface area contributed by atoms with Crippen LogP contribution in [0.4, 0.5) is 16.0 Å². The largest absolute Gasteiger partial charge is 0.368 e. The predicted molar refractivity (Wildman–Crippen MR) is 53.0 cm³/mol. The minimum absolute atomic E-state index is 0.0147. The van der Waals surface area contributed by atoms with E-state index in [0.29, 0.717) is 0 Å². The Morgan fingerprint density at radius 2 is 2.19 bits per heavy atom. The number of nitro groups is 1. The number of anilines is 1. The molecule has 0 aliphatic rings. The van der Waals surface area contributed by atoms with Crippen LogP contribution in [0.3, 0.4) is 0 Å². The number of halogens is 1. The maximum Gasteiger partial charge on any atom is 0.270 e. The van der Waals surface area contributed by atoms with Crippen LogP contribution < -0.4 is 5.73 Å². The molecule has 0 radical (unpaired) electrons. The van der Waals surface area contributed by atoms with E-state index in [1.54, 1.807) is 0 Å². The van der Waals surface area contributed by atoms with E-state index in [2.05, 4.69) is 9.68 Å². The highest BCUT2D eigenvalue weighted by Crippen LogP contribution is 2.27. The summed E-state index contributed by atoms with van der Waals surface area (Å²) in [4.78, 5) is 9.90. The van der Waals surface area contributed by atoms with E-state index in [1.165, 1.54) is 6.07 Å². The minimum atomic E-state index is -0.626.